The van der Waals surface area contributed by atoms with E-state index in [-0.39, 0.29) is 18.4 Å². The number of methoxy groups -OCH3 is 1. The van der Waals surface area contributed by atoms with Crippen LogP contribution in [0, 0.1) is 11.8 Å². The molecule has 1 amide bonds. The minimum Gasteiger partial charge on any atom is -0.481 e. The lowest BCUT2D eigenvalue weighted by atomic mass is 9.90. The van der Waals surface area contributed by atoms with E-state index in [0.29, 0.717) is 28.4 Å². The van der Waals surface area contributed by atoms with E-state index in [2.05, 4.69) is 4.98 Å². The fourth-order valence-electron chi connectivity index (χ4n) is 5.23. The van der Waals surface area contributed by atoms with E-state index < -0.39 is 11.9 Å². The number of thiazole rings is 1. The van der Waals surface area contributed by atoms with Crippen LogP contribution in [0.5, 0.6) is 5.88 Å². The van der Waals surface area contributed by atoms with Gasteiger partial charge in [-0.05, 0) is 48.9 Å². The molecule has 5 rings (SSSR count). The normalized spacial score (nSPS) is 16.5. The molecule has 1 unspecified atom stereocenters. The van der Waals surface area contributed by atoms with Crippen molar-refractivity contribution < 1.29 is 19.4 Å². The first kappa shape index (κ1) is 25.7. The van der Waals surface area contributed by atoms with E-state index in [1.807, 2.05) is 29.6 Å². The predicted octanol–water partition coefficient (Wildman–Crippen LogP) is 6.70. The number of carbonyl (C=O) groups excluding carboxylic acids is 1. The summed E-state index contributed by atoms with van der Waals surface area (Å²) in [6, 6.07) is 9.46. The molecule has 2 aliphatic carbocycles. The summed E-state index contributed by atoms with van der Waals surface area (Å²) < 4.78 is 5.19. The Hall–Kier alpha value is -2.97. The van der Waals surface area contributed by atoms with Crippen molar-refractivity contribution in [3.05, 3.63) is 46.9 Å². The molecule has 0 radical (unpaired) electrons. The van der Waals surface area contributed by atoms with Gasteiger partial charge in [0.05, 0.1) is 19.2 Å². The van der Waals surface area contributed by atoms with Gasteiger partial charge in [0.2, 0.25) is 11.8 Å². The average molecular weight is 540 g/mol. The highest BCUT2D eigenvalue weighted by Crippen LogP contribution is 2.41. The highest BCUT2D eigenvalue weighted by Gasteiger charge is 2.40. The van der Waals surface area contributed by atoms with Crippen molar-refractivity contribution in [2.24, 2.45) is 11.8 Å². The fourth-order valence-corrected chi connectivity index (χ4v) is 6.30. The predicted molar refractivity (Wildman–Crippen MR) is 145 cm³/mol. The smallest absolute Gasteiger partial charge is 0.304 e. The van der Waals surface area contributed by atoms with E-state index in [1.54, 1.807) is 24.3 Å². The summed E-state index contributed by atoms with van der Waals surface area (Å²) in [5, 5.41) is 12.7. The summed E-state index contributed by atoms with van der Waals surface area (Å²) in [7, 11) is 1.58. The van der Waals surface area contributed by atoms with Crippen LogP contribution in [0.15, 0.2) is 41.9 Å². The SMILES string of the molecule is COc1ccc(-c2ccc(Cl)cc2-c2csc(N(C(=O)C(CC(=O)O)CC3CCCC3)C3CC3)n2)cn1. The quantitative estimate of drug-likeness (QED) is 0.308. The number of aliphatic carboxylic acids is 1. The Morgan fingerprint density at radius 2 is 1.95 bits per heavy atom. The van der Waals surface area contributed by atoms with E-state index in [9.17, 15) is 14.7 Å². The summed E-state index contributed by atoms with van der Waals surface area (Å²) in [6.45, 7) is 0. The number of carbonyl (C=O) groups is 2. The van der Waals surface area contributed by atoms with Gasteiger partial charge >= 0.3 is 5.97 Å². The molecule has 7 nitrogen and oxygen atoms in total. The van der Waals surface area contributed by atoms with Gasteiger partial charge in [0.15, 0.2) is 5.13 Å². The summed E-state index contributed by atoms with van der Waals surface area (Å²) in [6.07, 6.45) is 8.53. The molecule has 2 saturated carbocycles. The van der Waals surface area contributed by atoms with Crippen LogP contribution in [0.25, 0.3) is 22.4 Å². The van der Waals surface area contributed by atoms with E-state index in [1.165, 1.54) is 11.3 Å². The first-order valence-corrected chi connectivity index (χ1v) is 14.0. The number of nitrogens with zero attached hydrogens (tertiary/aromatic N) is 3. The number of halogens is 1. The Labute approximate surface area is 225 Å². The van der Waals surface area contributed by atoms with Crippen LogP contribution in [0.1, 0.15) is 51.4 Å². The molecule has 37 heavy (non-hydrogen) atoms. The van der Waals surface area contributed by atoms with Crippen LogP contribution in [-0.2, 0) is 9.59 Å². The van der Waals surface area contributed by atoms with Crippen LogP contribution in [-0.4, -0.2) is 40.1 Å². The Morgan fingerprint density at radius 1 is 1.16 bits per heavy atom. The Kier molecular flexibility index (Phi) is 7.76. The molecule has 2 aromatic heterocycles. The fraction of sp³-hybridized carbons (Fsp3) is 0.429. The van der Waals surface area contributed by atoms with Crippen LogP contribution in [0.2, 0.25) is 5.02 Å². The number of hydrogen-bond donors (Lipinski definition) is 1. The maximum absolute atomic E-state index is 13.8. The Balaban J connectivity index is 1.45. The third kappa shape index (κ3) is 5.96. The summed E-state index contributed by atoms with van der Waals surface area (Å²) in [5.74, 6) is -0.608. The summed E-state index contributed by atoms with van der Waals surface area (Å²) in [4.78, 5) is 36.4. The standard InChI is InChI=1S/C28H30ClN3O4S/c1-36-25-11-6-18(15-30-25)22-10-7-20(29)14-23(22)24-16-37-28(31-24)32(21-8-9-21)27(35)19(13-26(33)34)12-17-4-2-3-5-17/h6-7,10-11,14-17,19,21H,2-5,8-9,12-13H2,1H3,(H,33,34). The number of rotatable bonds is 10. The van der Waals surface area contributed by atoms with Crippen molar-refractivity contribution in [2.45, 2.75) is 57.4 Å². The topological polar surface area (TPSA) is 92.6 Å². The van der Waals surface area contributed by atoms with Crippen LogP contribution < -0.4 is 9.64 Å². The number of anilines is 1. The number of carboxylic acids is 1. The van der Waals surface area contributed by atoms with Gasteiger partial charge in [0.1, 0.15) is 0 Å². The molecule has 1 N–H and O–H groups in total. The van der Waals surface area contributed by atoms with Crippen LogP contribution >= 0.6 is 22.9 Å². The highest BCUT2D eigenvalue weighted by atomic mass is 35.5. The maximum Gasteiger partial charge on any atom is 0.304 e. The first-order valence-electron chi connectivity index (χ1n) is 12.7. The lowest BCUT2D eigenvalue weighted by Gasteiger charge is -2.26. The van der Waals surface area contributed by atoms with E-state index in [4.69, 9.17) is 21.3 Å². The van der Waals surface area contributed by atoms with Gasteiger partial charge in [-0.15, -0.1) is 11.3 Å². The lowest BCUT2D eigenvalue weighted by molar-refractivity contribution is -0.141. The van der Waals surface area contributed by atoms with Gasteiger partial charge in [-0.1, -0.05) is 43.4 Å². The number of benzene rings is 1. The average Bonchev–Trinajstić information content (AvgIpc) is 3.36. The minimum atomic E-state index is -0.927. The van der Waals surface area contributed by atoms with Crippen LogP contribution in [0.4, 0.5) is 5.13 Å². The summed E-state index contributed by atoms with van der Waals surface area (Å²) >= 11 is 7.78. The summed E-state index contributed by atoms with van der Waals surface area (Å²) in [5.41, 5.74) is 3.39. The second kappa shape index (κ2) is 11.2. The Bertz CT molecular complexity index is 1270. The van der Waals surface area contributed by atoms with E-state index in [0.717, 1.165) is 60.9 Å². The number of aromatic nitrogens is 2. The third-order valence-electron chi connectivity index (χ3n) is 7.22. The van der Waals surface area contributed by atoms with E-state index >= 15 is 0 Å². The zero-order valence-electron chi connectivity index (χ0n) is 20.7. The molecule has 1 aromatic carbocycles. The molecule has 0 aliphatic heterocycles. The second-order valence-corrected chi connectivity index (χ2v) is 11.2. The monoisotopic (exact) mass is 539 g/mol. The highest BCUT2D eigenvalue weighted by molar-refractivity contribution is 7.14. The second-order valence-electron chi connectivity index (χ2n) is 9.91. The van der Waals surface area contributed by atoms with Crippen molar-refractivity contribution in [3.63, 3.8) is 0 Å². The van der Waals surface area contributed by atoms with Gasteiger partial charge < -0.3 is 9.84 Å². The molecule has 2 heterocycles. The first-order chi connectivity index (χ1) is 17.9. The van der Waals surface area contributed by atoms with Crippen molar-refractivity contribution in [1.29, 1.82) is 0 Å². The molecule has 0 saturated heterocycles. The lowest BCUT2D eigenvalue weighted by Crippen LogP contribution is -2.39. The van der Waals surface area contributed by atoms with Gasteiger partial charge in [0, 0.05) is 45.8 Å². The number of hydrogen-bond acceptors (Lipinski definition) is 6. The van der Waals surface area contributed by atoms with Gasteiger partial charge in [-0.25, -0.2) is 9.97 Å². The van der Waals surface area contributed by atoms with Crippen molar-refractivity contribution in [1.82, 2.24) is 9.97 Å². The molecule has 1 atom stereocenters. The van der Waals surface area contributed by atoms with Gasteiger partial charge in [0.25, 0.3) is 0 Å². The molecule has 9 heteroatoms. The number of ether oxygens (including phenoxy) is 1. The number of carboxylic acid groups (broad SMARTS) is 1. The zero-order valence-corrected chi connectivity index (χ0v) is 22.3. The minimum absolute atomic E-state index is 0.0796. The third-order valence-corrected chi connectivity index (χ3v) is 8.30. The van der Waals surface area contributed by atoms with Crippen LogP contribution in [0.3, 0.4) is 0 Å². The van der Waals surface area contributed by atoms with Crippen molar-refractivity contribution in [3.8, 4) is 28.3 Å². The molecule has 2 fully saturated rings. The Morgan fingerprint density at radius 3 is 2.59 bits per heavy atom. The van der Waals surface area contributed by atoms with Crippen molar-refractivity contribution in [2.75, 3.05) is 12.0 Å². The molecule has 2 aliphatic rings. The molecular weight excluding hydrogens is 510 g/mol. The zero-order chi connectivity index (χ0) is 25.9. The molecule has 0 spiro atoms. The van der Waals surface area contributed by atoms with Crippen molar-refractivity contribution >= 4 is 39.9 Å². The maximum atomic E-state index is 13.8. The molecular formula is C28H30ClN3O4S. The molecule has 0 bridgehead atoms. The largest absolute Gasteiger partial charge is 0.481 e. The van der Waals surface area contributed by atoms with Gasteiger partial charge in [-0.2, -0.15) is 0 Å². The molecule has 194 valence electrons. The number of amides is 1. The van der Waals surface area contributed by atoms with Gasteiger partial charge in [-0.3, -0.25) is 14.5 Å². The number of pyridine rings is 1. The molecule has 3 aromatic rings.